The molecule has 1 fully saturated rings. The first-order valence-electron chi connectivity index (χ1n) is 7.54. The quantitative estimate of drug-likeness (QED) is 0.867. The molecule has 0 radical (unpaired) electrons. The van der Waals surface area contributed by atoms with Crippen LogP contribution in [0, 0.1) is 5.92 Å². The number of hydrogen-bond acceptors (Lipinski definition) is 4. The van der Waals surface area contributed by atoms with E-state index in [1.807, 2.05) is 6.07 Å². The zero-order chi connectivity index (χ0) is 14.1. The molecular weight excluding hydrogens is 252 g/mol. The molecule has 2 aliphatic rings. The summed E-state index contributed by atoms with van der Waals surface area (Å²) < 4.78 is 10.9. The van der Waals surface area contributed by atoms with Crippen LogP contribution in [-0.2, 0) is 0 Å². The number of ether oxygens (including phenoxy) is 2. The number of nitrogens with zero attached hydrogens (tertiary/aromatic N) is 1. The SMILES string of the molecule is CC(C)N(CC1CC1)C(CN)c1ccc2c(c1)OCO2. The summed E-state index contributed by atoms with van der Waals surface area (Å²) in [6.45, 7) is 6.59. The topological polar surface area (TPSA) is 47.7 Å². The molecule has 2 N–H and O–H groups in total. The molecule has 1 aliphatic heterocycles. The Hall–Kier alpha value is -1.26. The van der Waals surface area contributed by atoms with Crippen molar-refractivity contribution in [2.75, 3.05) is 19.9 Å². The zero-order valence-corrected chi connectivity index (χ0v) is 12.3. The van der Waals surface area contributed by atoms with Gasteiger partial charge < -0.3 is 15.2 Å². The highest BCUT2D eigenvalue weighted by Gasteiger charge is 2.30. The summed E-state index contributed by atoms with van der Waals surface area (Å²) in [5.74, 6) is 2.54. The average Bonchev–Trinajstić information content (AvgIpc) is 3.13. The Morgan fingerprint density at radius 3 is 2.65 bits per heavy atom. The molecular formula is C16H24N2O2. The first kappa shape index (κ1) is 13.7. The Morgan fingerprint density at radius 2 is 2.00 bits per heavy atom. The van der Waals surface area contributed by atoms with Crippen molar-refractivity contribution in [1.82, 2.24) is 4.90 Å². The lowest BCUT2D eigenvalue weighted by molar-refractivity contribution is 0.149. The maximum absolute atomic E-state index is 6.07. The van der Waals surface area contributed by atoms with Gasteiger partial charge in [-0.1, -0.05) is 6.07 Å². The first-order chi connectivity index (χ1) is 9.69. The van der Waals surface area contributed by atoms with Crippen LogP contribution in [0.25, 0.3) is 0 Å². The summed E-state index contributed by atoms with van der Waals surface area (Å²) in [6.07, 6.45) is 2.73. The first-order valence-corrected chi connectivity index (χ1v) is 7.54. The van der Waals surface area contributed by atoms with Gasteiger partial charge in [-0.3, -0.25) is 4.90 Å². The number of rotatable bonds is 6. The Morgan fingerprint density at radius 1 is 1.25 bits per heavy atom. The lowest BCUT2D eigenvalue weighted by Gasteiger charge is -2.34. The van der Waals surface area contributed by atoms with Crippen LogP contribution in [0.1, 0.15) is 38.3 Å². The predicted octanol–water partition coefficient (Wildman–Crippen LogP) is 2.54. The number of fused-ring (bicyclic) bond motifs is 1. The minimum atomic E-state index is 0.255. The van der Waals surface area contributed by atoms with Crippen LogP contribution < -0.4 is 15.2 Å². The van der Waals surface area contributed by atoms with Gasteiger partial charge >= 0.3 is 0 Å². The summed E-state index contributed by atoms with van der Waals surface area (Å²) in [5, 5.41) is 0. The molecule has 20 heavy (non-hydrogen) atoms. The lowest BCUT2D eigenvalue weighted by Crippen LogP contribution is -2.40. The van der Waals surface area contributed by atoms with Crippen molar-refractivity contribution in [3.63, 3.8) is 0 Å². The fourth-order valence-corrected chi connectivity index (χ4v) is 2.88. The van der Waals surface area contributed by atoms with E-state index in [2.05, 4.69) is 30.9 Å². The van der Waals surface area contributed by atoms with E-state index in [-0.39, 0.29) is 6.04 Å². The highest BCUT2D eigenvalue weighted by molar-refractivity contribution is 5.45. The molecule has 0 amide bonds. The molecule has 0 saturated heterocycles. The summed E-state index contributed by atoms with van der Waals surface area (Å²) in [5.41, 5.74) is 7.30. The Labute approximate surface area is 120 Å². The Balaban J connectivity index is 1.83. The largest absolute Gasteiger partial charge is 0.454 e. The molecule has 1 aromatic carbocycles. The third-order valence-electron chi connectivity index (χ3n) is 4.23. The van der Waals surface area contributed by atoms with Crippen LogP contribution >= 0.6 is 0 Å². The molecule has 4 heteroatoms. The summed E-state index contributed by atoms with van der Waals surface area (Å²) >= 11 is 0. The monoisotopic (exact) mass is 276 g/mol. The molecule has 4 nitrogen and oxygen atoms in total. The van der Waals surface area contributed by atoms with E-state index in [1.54, 1.807) is 0 Å². The van der Waals surface area contributed by atoms with Gasteiger partial charge in [-0.2, -0.15) is 0 Å². The Bertz CT molecular complexity index is 472. The van der Waals surface area contributed by atoms with Crippen LogP contribution in [0.15, 0.2) is 18.2 Å². The fraction of sp³-hybridized carbons (Fsp3) is 0.625. The second kappa shape index (κ2) is 5.62. The van der Waals surface area contributed by atoms with Crippen molar-refractivity contribution in [2.45, 2.75) is 38.8 Å². The molecule has 110 valence electrons. The molecule has 1 aromatic rings. The van der Waals surface area contributed by atoms with Crippen LogP contribution in [0.3, 0.4) is 0 Å². The van der Waals surface area contributed by atoms with Gasteiger partial charge in [0, 0.05) is 25.2 Å². The number of benzene rings is 1. The smallest absolute Gasteiger partial charge is 0.231 e. The van der Waals surface area contributed by atoms with Crippen LogP contribution in [0.5, 0.6) is 11.5 Å². The van der Waals surface area contributed by atoms with E-state index in [9.17, 15) is 0 Å². The fourth-order valence-electron chi connectivity index (χ4n) is 2.88. The van der Waals surface area contributed by atoms with E-state index in [4.69, 9.17) is 15.2 Å². The van der Waals surface area contributed by atoms with E-state index >= 15 is 0 Å². The highest BCUT2D eigenvalue weighted by atomic mass is 16.7. The summed E-state index contributed by atoms with van der Waals surface area (Å²) in [4.78, 5) is 2.52. The van der Waals surface area contributed by atoms with E-state index in [1.165, 1.54) is 18.4 Å². The Kier molecular flexibility index (Phi) is 3.85. The van der Waals surface area contributed by atoms with Gasteiger partial charge in [0.25, 0.3) is 0 Å². The highest BCUT2D eigenvalue weighted by Crippen LogP contribution is 2.37. The van der Waals surface area contributed by atoms with Crippen molar-refractivity contribution in [3.8, 4) is 11.5 Å². The minimum Gasteiger partial charge on any atom is -0.454 e. The molecule has 0 spiro atoms. The van der Waals surface area contributed by atoms with Gasteiger partial charge in [0.15, 0.2) is 11.5 Å². The number of nitrogens with two attached hydrogens (primary N) is 1. The van der Waals surface area contributed by atoms with Crippen molar-refractivity contribution < 1.29 is 9.47 Å². The lowest BCUT2D eigenvalue weighted by atomic mass is 10.0. The second-order valence-electron chi connectivity index (χ2n) is 6.10. The van der Waals surface area contributed by atoms with Gasteiger partial charge in [-0.05, 0) is 50.3 Å². The molecule has 0 bridgehead atoms. The van der Waals surface area contributed by atoms with Crippen molar-refractivity contribution in [3.05, 3.63) is 23.8 Å². The zero-order valence-electron chi connectivity index (χ0n) is 12.3. The second-order valence-corrected chi connectivity index (χ2v) is 6.10. The van der Waals surface area contributed by atoms with Crippen molar-refractivity contribution in [1.29, 1.82) is 0 Å². The molecule has 1 unspecified atom stereocenters. The molecule has 1 saturated carbocycles. The third kappa shape index (κ3) is 2.76. The van der Waals surface area contributed by atoms with Crippen molar-refractivity contribution >= 4 is 0 Å². The van der Waals surface area contributed by atoms with Gasteiger partial charge in [-0.15, -0.1) is 0 Å². The van der Waals surface area contributed by atoms with E-state index < -0.39 is 0 Å². The van der Waals surface area contributed by atoms with E-state index in [0.29, 0.717) is 19.4 Å². The number of hydrogen-bond donors (Lipinski definition) is 1. The van der Waals surface area contributed by atoms with E-state index in [0.717, 1.165) is 24.0 Å². The normalized spacial score (nSPS) is 18.9. The third-order valence-corrected chi connectivity index (χ3v) is 4.23. The molecule has 1 aliphatic carbocycles. The van der Waals surface area contributed by atoms with Gasteiger partial charge in [0.05, 0.1) is 0 Å². The molecule has 1 heterocycles. The predicted molar refractivity (Wildman–Crippen MR) is 78.9 cm³/mol. The molecule has 0 aromatic heterocycles. The molecule has 3 rings (SSSR count). The maximum Gasteiger partial charge on any atom is 0.231 e. The molecule has 1 atom stereocenters. The van der Waals surface area contributed by atoms with Crippen LogP contribution in [0.4, 0.5) is 0 Å². The standard InChI is InChI=1S/C16H24N2O2/c1-11(2)18(9-12-3-4-12)14(8-17)13-5-6-15-16(7-13)20-10-19-15/h5-7,11-12,14H,3-4,8-10,17H2,1-2H3. The summed E-state index contributed by atoms with van der Waals surface area (Å²) in [7, 11) is 0. The van der Waals surface area contributed by atoms with Crippen molar-refractivity contribution in [2.24, 2.45) is 11.7 Å². The van der Waals surface area contributed by atoms with Gasteiger partial charge in [-0.25, -0.2) is 0 Å². The minimum absolute atomic E-state index is 0.255. The summed E-state index contributed by atoms with van der Waals surface area (Å²) in [6, 6.07) is 6.95. The van der Waals surface area contributed by atoms with Crippen LogP contribution in [-0.4, -0.2) is 30.8 Å². The van der Waals surface area contributed by atoms with Gasteiger partial charge in [0.1, 0.15) is 0 Å². The maximum atomic E-state index is 6.07. The van der Waals surface area contributed by atoms with Crippen LogP contribution in [0.2, 0.25) is 0 Å². The average molecular weight is 276 g/mol. The van der Waals surface area contributed by atoms with Gasteiger partial charge in [0.2, 0.25) is 6.79 Å².